The van der Waals surface area contributed by atoms with Crippen LogP contribution in [-0.2, 0) is 19.8 Å². The van der Waals surface area contributed by atoms with E-state index < -0.39 is 11.7 Å². The van der Waals surface area contributed by atoms with Crippen molar-refractivity contribution in [3.8, 4) is 0 Å². The average molecular weight is 305 g/mol. The van der Waals surface area contributed by atoms with E-state index in [2.05, 4.69) is 15.4 Å². The molecule has 0 atom stereocenters. The lowest BCUT2D eigenvalue weighted by Crippen LogP contribution is -2.09. The van der Waals surface area contributed by atoms with Crippen LogP contribution in [0.3, 0.4) is 0 Å². The lowest BCUT2D eigenvalue weighted by molar-refractivity contribution is -0.137. The standard InChI is InChI=1S/C12H12ClF3N4/c1-7-18-11(20(2)19-7)17-6-8-3-4-10(13)9(5-8)12(14,15)16/h3-5H,6H2,1-2H3,(H,17,18,19). The molecule has 0 fully saturated rings. The van der Waals surface area contributed by atoms with E-state index in [1.807, 2.05) is 0 Å². The summed E-state index contributed by atoms with van der Waals surface area (Å²) in [6.07, 6.45) is -4.46. The normalized spacial score (nSPS) is 11.7. The van der Waals surface area contributed by atoms with E-state index in [1.165, 1.54) is 16.8 Å². The summed E-state index contributed by atoms with van der Waals surface area (Å²) in [5.74, 6) is 1.08. The van der Waals surface area contributed by atoms with Crippen molar-refractivity contribution in [2.45, 2.75) is 19.6 Å². The quantitative estimate of drug-likeness (QED) is 0.945. The van der Waals surface area contributed by atoms with Crippen molar-refractivity contribution in [2.24, 2.45) is 7.05 Å². The van der Waals surface area contributed by atoms with E-state index in [0.717, 1.165) is 6.07 Å². The third-order valence-corrected chi connectivity index (χ3v) is 2.99. The Kier molecular flexibility index (Phi) is 3.89. The minimum atomic E-state index is -4.46. The SMILES string of the molecule is Cc1nc(NCc2ccc(Cl)c(C(F)(F)F)c2)n(C)n1. The van der Waals surface area contributed by atoms with Crippen molar-refractivity contribution >= 4 is 17.5 Å². The molecule has 1 aromatic carbocycles. The van der Waals surface area contributed by atoms with Crippen LogP contribution in [0.25, 0.3) is 0 Å². The molecule has 0 saturated carbocycles. The molecule has 2 aromatic rings. The first-order valence-electron chi connectivity index (χ1n) is 5.74. The number of halogens is 4. The average Bonchev–Trinajstić information content (AvgIpc) is 2.65. The topological polar surface area (TPSA) is 42.7 Å². The second-order valence-electron chi connectivity index (χ2n) is 4.27. The van der Waals surface area contributed by atoms with E-state index in [4.69, 9.17) is 11.6 Å². The number of nitrogens with one attached hydrogen (secondary N) is 1. The Labute approximate surface area is 118 Å². The lowest BCUT2D eigenvalue weighted by Gasteiger charge is -2.11. The number of rotatable bonds is 3. The fourth-order valence-electron chi connectivity index (χ4n) is 1.75. The largest absolute Gasteiger partial charge is 0.417 e. The van der Waals surface area contributed by atoms with Gasteiger partial charge in [0.2, 0.25) is 5.95 Å². The smallest absolute Gasteiger partial charge is 0.350 e. The molecule has 1 aromatic heterocycles. The van der Waals surface area contributed by atoms with Crippen molar-refractivity contribution in [1.29, 1.82) is 0 Å². The summed E-state index contributed by atoms with van der Waals surface area (Å²) < 4.78 is 39.7. The molecule has 108 valence electrons. The van der Waals surface area contributed by atoms with Crippen molar-refractivity contribution in [3.05, 3.63) is 40.2 Å². The van der Waals surface area contributed by atoms with Crippen LogP contribution in [-0.4, -0.2) is 14.8 Å². The molecule has 0 aliphatic heterocycles. The van der Waals surface area contributed by atoms with Crippen molar-refractivity contribution in [2.75, 3.05) is 5.32 Å². The summed E-state index contributed by atoms with van der Waals surface area (Å²) in [6, 6.07) is 3.80. The van der Waals surface area contributed by atoms with Gasteiger partial charge in [0.15, 0.2) is 0 Å². The molecule has 0 aliphatic carbocycles. The Bertz CT molecular complexity index is 622. The third-order valence-electron chi connectivity index (χ3n) is 2.66. The molecule has 4 nitrogen and oxygen atoms in total. The summed E-state index contributed by atoms with van der Waals surface area (Å²) in [7, 11) is 1.70. The highest BCUT2D eigenvalue weighted by atomic mass is 35.5. The zero-order valence-corrected chi connectivity index (χ0v) is 11.5. The minimum absolute atomic E-state index is 0.201. The number of aromatic nitrogens is 3. The zero-order valence-electron chi connectivity index (χ0n) is 10.8. The Morgan fingerprint density at radius 2 is 2.05 bits per heavy atom. The number of benzene rings is 1. The number of anilines is 1. The highest BCUT2D eigenvalue weighted by molar-refractivity contribution is 6.31. The Morgan fingerprint density at radius 3 is 2.60 bits per heavy atom. The van der Waals surface area contributed by atoms with Gasteiger partial charge in [-0.3, -0.25) is 0 Å². The zero-order chi connectivity index (χ0) is 14.9. The summed E-state index contributed by atoms with van der Waals surface area (Å²) in [6.45, 7) is 1.93. The van der Waals surface area contributed by atoms with E-state index in [-0.39, 0.29) is 11.6 Å². The maximum atomic E-state index is 12.7. The molecule has 0 spiro atoms. The fourth-order valence-corrected chi connectivity index (χ4v) is 1.97. The van der Waals surface area contributed by atoms with Crippen molar-refractivity contribution in [1.82, 2.24) is 14.8 Å². The Balaban J connectivity index is 2.16. The van der Waals surface area contributed by atoms with Crippen LogP contribution in [0.1, 0.15) is 17.0 Å². The molecule has 2 rings (SSSR count). The van der Waals surface area contributed by atoms with E-state index in [0.29, 0.717) is 17.3 Å². The molecule has 0 bridgehead atoms. The number of aryl methyl sites for hydroxylation is 2. The summed E-state index contributed by atoms with van der Waals surface area (Å²) in [5, 5.41) is 6.65. The second kappa shape index (κ2) is 5.32. The van der Waals surface area contributed by atoms with Gasteiger partial charge in [-0.1, -0.05) is 17.7 Å². The Hall–Kier alpha value is -1.76. The van der Waals surface area contributed by atoms with Gasteiger partial charge >= 0.3 is 6.18 Å². The van der Waals surface area contributed by atoms with Gasteiger partial charge in [-0.15, -0.1) is 0 Å². The lowest BCUT2D eigenvalue weighted by atomic mass is 10.1. The monoisotopic (exact) mass is 304 g/mol. The minimum Gasteiger partial charge on any atom is -0.350 e. The number of nitrogens with zero attached hydrogens (tertiary/aromatic N) is 3. The van der Waals surface area contributed by atoms with Crippen molar-refractivity contribution < 1.29 is 13.2 Å². The van der Waals surface area contributed by atoms with Gasteiger partial charge in [-0.25, -0.2) is 4.68 Å². The highest BCUT2D eigenvalue weighted by Gasteiger charge is 2.33. The van der Waals surface area contributed by atoms with Crippen LogP contribution >= 0.6 is 11.6 Å². The maximum absolute atomic E-state index is 12.7. The molecule has 0 aliphatic rings. The van der Waals surface area contributed by atoms with Gasteiger partial charge in [0.05, 0.1) is 10.6 Å². The van der Waals surface area contributed by atoms with Crippen LogP contribution in [0.5, 0.6) is 0 Å². The van der Waals surface area contributed by atoms with Crippen LogP contribution in [0.4, 0.5) is 19.1 Å². The molecule has 0 amide bonds. The molecule has 0 radical (unpaired) electrons. The Morgan fingerprint density at radius 1 is 1.35 bits per heavy atom. The molecule has 1 heterocycles. The van der Waals surface area contributed by atoms with E-state index >= 15 is 0 Å². The molecule has 20 heavy (non-hydrogen) atoms. The van der Waals surface area contributed by atoms with Gasteiger partial charge in [0.25, 0.3) is 0 Å². The van der Waals surface area contributed by atoms with Gasteiger partial charge in [0, 0.05) is 13.6 Å². The van der Waals surface area contributed by atoms with Gasteiger partial charge in [0.1, 0.15) is 5.82 Å². The van der Waals surface area contributed by atoms with Gasteiger partial charge in [-0.2, -0.15) is 23.3 Å². The summed E-state index contributed by atoms with van der Waals surface area (Å²) in [4.78, 5) is 4.11. The first-order chi connectivity index (χ1) is 9.27. The number of hydrogen-bond donors (Lipinski definition) is 1. The van der Waals surface area contributed by atoms with Crippen LogP contribution in [0.15, 0.2) is 18.2 Å². The molecule has 0 unspecified atom stereocenters. The number of alkyl halides is 3. The first-order valence-corrected chi connectivity index (χ1v) is 6.12. The molecule has 0 saturated heterocycles. The van der Waals surface area contributed by atoms with E-state index in [1.54, 1.807) is 14.0 Å². The fraction of sp³-hybridized carbons (Fsp3) is 0.333. The van der Waals surface area contributed by atoms with E-state index in [9.17, 15) is 13.2 Å². The number of hydrogen-bond acceptors (Lipinski definition) is 3. The van der Waals surface area contributed by atoms with Gasteiger partial charge < -0.3 is 5.32 Å². The molecule has 1 N–H and O–H groups in total. The molecular weight excluding hydrogens is 293 g/mol. The van der Waals surface area contributed by atoms with Crippen LogP contribution < -0.4 is 5.32 Å². The van der Waals surface area contributed by atoms with Crippen molar-refractivity contribution in [3.63, 3.8) is 0 Å². The molecule has 8 heteroatoms. The van der Waals surface area contributed by atoms with Gasteiger partial charge in [-0.05, 0) is 24.6 Å². The molecular formula is C12H12ClF3N4. The second-order valence-corrected chi connectivity index (χ2v) is 4.68. The first kappa shape index (κ1) is 14.6. The third kappa shape index (κ3) is 3.22. The predicted octanol–water partition coefficient (Wildman–Crippen LogP) is 3.41. The highest BCUT2D eigenvalue weighted by Crippen LogP contribution is 2.35. The summed E-state index contributed by atoms with van der Waals surface area (Å²) in [5.41, 5.74) is -0.380. The predicted molar refractivity (Wildman–Crippen MR) is 69.5 cm³/mol. The maximum Gasteiger partial charge on any atom is 0.417 e. The van der Waals surface area contributed by atoms with Crippen LogP contribution in [0.2, 0.25) is 5.02 Å². The van der Waals surface area contributed by atoms with Crippen LogP contribution in [0, 0.1) is 6.92 Å². The summed E-state index contributed by atoms with van der Waals surface area (Å²) >= 11 is 5.56.